The van der Waals surface area contributed by atoms with Crippen LogP contribution in [0.4, 0.5) is 0 Å². The van der Waals surface area contributed by atoms with E-state index in [-0.39, 0.29) is 114 Å². The van der Waals surface area contributed by atoms with Gasteiger partial charge in [0.25, 0.3) is 0 Å². The molecule has 0 radical (unpaired) electrons. The van der Waals surface area contributed by atoms with Crippen LogP contribution in [-0.2, 0) is 19.1 Å². The average Bonchev–Trinajstić information content (AvgIpc) is 1.55. The smallest absolute Gasteiger partial charge is 0.225 e. The molecule has 8 saturated carbocycles. The Morgan fingerprint density at radius 1 is 0.319 bits per heavy atom. The largest absolute Gasteiger partial charge is 0.379 e. The fourth-order valence-corrected chi connectivity index (χ4v) is 19.7. The van der Waals surface area contributed by atoms with E-state index in [1.807, 2.05) is 9.80 Å². The van der Waals surface area contributed by atoms with Gasteiger partial charge in [-0.1, -0.05) is 20.3 Å². The first-order valence-corrected chi connectivity index (χ1v) is 45.9. The summed E-state index contributed by atoms with van der Waals surface area (Å²) in [4.78, 5) is 40.8. The van der Waals surface area contributed by atoms with E-state index in [4.69, 9.17) is 106 Å². The molecular formula is C85H176N24O4. The molecule has 5 heterocycles. The van der Waals surface area contributed by atoms with Gasteiger partial charge in [0.2, 0.25) is 11.8 Å². The summed E-state index contributed by atoms with van der Waals surface area (Å²) in [5.74, 6) is 5.15. The lowest BCUT2D eigenvalue weighted by molar-refractivity contribution is -0.141. The number of carbonyl (C=O) groups excluding carboxylic acids is 2. The second-order valence-electron chi connectivity index (χ2n) is 37.4. The van der Waals surface area contributed by atoms with E-state index in [9.17, 15) is 9.59 Å². The molecule has 28 nitrogen and oxygen atoms in total. The number of nitrogens with zero attached hydrogens (tertiary/aromatic N) is 8. The highest BCUT2D eigenvalue weighted by Gasteiger charge is 2.37. The molecule has 8 unspecified atom stereocenters. The van der Waals surface area contributed by atoms with Gasteiger partial charge in [0.1, 0.15) is 0 Å². The number of rotatable bonds is 15. The Bertz CT molecular complexity index is 2400. The van der Waals surface area contributed by atoms with Crippen LogP contribution < -0.4 is 91.7 Å². The number of amides is 2. The second-order valence-corrected chi connectivity index (χ2v) is 37.4. The number of morpholine rings is 2. The Morgan fingerprint density at radius 2 is 0.584 bits per heavy atom. The van der Waals surface area contributed by atoms with Crippen molar-refractivity contribution in [3.8, 4) is 6.07 Å². The fourth-order valence-electron chi connectivity index (χ4n) is 19.7. The number of nitriles is 1. The molecule has 113 heavy (non-hydrogen) atoms. The zero-order chi connectivity index (χ0) is 82.4. The van der Waals surface area contributed by atoms with E-state index >= 15 is 0 Å². The first-order chi connectivity index (χ1) is 54.1. The summed E-state index contributed by atoms with van der Waals surface area (Å²) in [7, 11) is 4.22. The lowest BCUT2D eigenvalue weighted by Crippen LogP contribution is -2.51. The van der Waals surface area contributed by atoms with Crippen LogP contribution in [0, 0.1) is 58.7 Å². The molecule has 13 fully saturated rings. The molecule has 0 aromatic carbocycles. The minimum absolute atomic E-state index is 0.00694. The number of hydrogen-bond acceptors (Lipinski definition) is 26. The summed E-state index contributed by atoms with van der Waals surface area (Å²) in [6.07, 6.45) is 36.7. The molecular weight excluding hydrogens is 1420 g/mol. The Morgan fingerprint density at radius 3 is 0.912 bits per heavy atom. The molecule has 8 aliphatic carbocycles. The van der Waals surface area contributed by atoms with Gasteiger partial charge in [-0.3, -0.25) is 14.5 Å². The van der Waals surface area contributed by atoms with Gasteiger partial charge < -0.3 is 131 Å². The molecule has 0 bridgehead atoms. The van der Waals surface area contributed by atoms with E-state index < -0.39 is 0 Å². The third-order valence-electron chi connectivity index (χ3n) is 27.7. The normalized spacial score (nSPS) is 37.5. The van der Waals surface area contributed by atoms with Crippen LogP contribution >= 0.6 is 0 Å². The molecule has 0 aromatic rings. The summed E-state index contributed by atoms with van der Waals surface area (Å²) >= 11 is 0. The highest BCUT2D eigenvalue weighted by atomic mass is 16.5. The van der Waals surface area contributed by atoms with Crippen LogP contribution in [0.25, 0.3) is 0 Å². The average molecular weight is 1600 g/mol. The summed E-state index contributed by atoms with van der Waals surface area (Å²) in [6, 6.07) is 4.95. The van der Waals surface area contributed by atoms with Gasteiger partial charge in [0.15, 0.2) is 0 Å². The highest BCUT2D eigenvalue weighted by molar-refractivity contribution is 5.79. The van der Waals surface area contributed by atoms with Gasteiger partial charge in [0.05, 0.1) is 32.5 Å². The molecule has 0 aromatic heterocycles. The van der Waals surface area contributed by atoms with Crippen molar-refractivity contribution in [3.63, 3.8) is 0 Å². The van der Waals surface area contributed by atoms with Crippen molar-refractivity contribution < 1.29 is 19.1 Å². The minimum atomic E-state index is -0.0243. The topological polar surface area (TPSA) is 515 Å². The Hall–Kier alpha value is -2.49. The maximum absolute atomic E-state index is 12.2. The van der Waals surface area contributed by atoms with Crippen molar-refractivity contribution in [2.75, 3.05) is 152 Å². The van der Waals surface area contributed by atoms with Crippen LogP contribution in [0.2, 0.25) is 0 Å². The van der Waals surface area contributed by atoms with Crippen LogP contribution in [-0.4, -0.2) is 295 Å². The molecule has 5 saturated heterocycles. The van der Waals surface area contributed by atoms with Crippen LogP contribution in [0.5, 0.6) is 0 Å². The Kier molecular flexibility index (Phi) is 48.1. The molecule has 0 spiro atoms. The standard InChI is InChI=1S/C12H23N3O.C12H25N3.C11H21N3O2.C11H23N3O.C11H23N3.C11H25N3.C9H21N3.C8H15N3/c13-10-5-4-9(8-11(10)14)12(16)15-6-2-1-3-7-15;13-11-5-4-10(8-12(11)14)9-15-6-2-1-3-7-15;12-9-2-1-8(7-10(9)13)11(15)14-3-5-16-6-4-14;12-10-2-1-9(7-11(10)13)8-14-3-5-15-6-4-14;12-10-4-3-9(7-11(10)13)8-14-5-1-2-6-14;1-3-14(4-2)8-9-5-6-10(12)11(13)7-9;1-12(2)6-7-3-4-8(10)9(11)5-7;9-4-3-6-1-2-7(10)8(11)5-6/h9-11H,1-8,13-14H2;10-12H,1-9,13-14H2;8-10H,1-7,12-13H2;9-11H,1-8,12-13H2;9-11H,1-8,12-13H2;9-11H,3-8,12-13H2,1-2H3;7-9H,3-6,10-11H2,1-2H3;6-8H,1-3,5,10-11H2/t9?,10-,11+;10?,11-,12+;8?,9-,10+;3*9?,10-,11+;7?,8-,9+;6?,7-,8+/m00000000/s1. The van der Waals surface area contributed by atoms with E-state index in [1.165, 1.54) is 123 Å². The first kappa shape index (κ1) is 99.3. The summed E-state index contributed by atoms with van der Waals surface area (Å²) in [6.45, 7) is 26.6. The van der Waals surface area contributed by atoms with Gasteiger partial charge in [-0.15, -0.1) is 0 Å². The van der Waals surface area contributed by atoms with Crippen LogP contribution in [0.3, 0.4) is 0 Å². The van der Waals surface area contributed by atoms with Gasteiger partial charge in [-0.25, -0.2) is 0 Å². The van der Waals surface area contributed by atoms with Crippen molar-refractivity contribution in [3.05, 3.63) is 0 Å². The quantitative estimate of drug-likeness (QED) is 0.112. The van der Waals surface area contributed by atoms with Crippen LogP contribution in [0.1, 0.15) is 226 Å². The van der Waals surface area contributed by atoms with Gasteiger partial charge >= 0.3 is 0 Å². The lowest BCUT2D eigenvalue weighted by atomic mass is 9.82. The van der Waals surface area contributed by atoms with Gasteiger partial charge in [0, 0.05) is 187 Å². The van der Waals surface area contributed by atoms with Gasteiger partial charge in [-0.2, -0.15) is 5.26 Å². The Labute approximate surface area is 686 Å². The molecule has 2 amide bonds. The first-order valence-electron chi connectivity index (χ1n) is 45.9. The predicted octanol–water partition coefficient (Wildman–Crippen LogP) is 2.13. The maximum Gasteiger partial charge on any atom is 0.225 e. The van der Waals surface area contributed by atoms with Crippen molar-refractivity contribution in [1.82, 2.24) is 34.3 Å². The fraction of sp³-hybridized carbons (Fsp3) is 0.965. The van der Waals surface area contributed by atoms with Crippen molar-refractivity contribution >= 4 is 11.8 Å². The molecule has 28 heteroatoms. The molecule has 24 atom stereocenters. The molecule has 13 rings (SSSR count). The van der Waals surface area contributed by atoms with Crippen molar-refractivity contribution in [1.29, 1.82) is 5.26 Å². The number of hydrogen-bond donors (Lipinski definition) is 16. The third kappa shape index (κ3) is 37.6. The van der Waals surface area contributed by atoms with E-state index in [0.29, 0.717) is 31.5 Å². The lowest BCUT2D eigenvalue weighted by Gasteiger charge is -2.36. The van der Waals surface area contributed by atoms with E-state index in [0.717, 1.165) is 237 Å². The Balaban J connectivity index is 0.000000202. The molecule has 5 aliphatic heterocycles. The zero-order valence-corrected chi connectivity index (χ0v) is 72.0. The van der Waals surface area contributed by atoms with Gasteiger partial charge in [-0.05, 0) is 288 Å². The number of piperidine rings is 2. The SMILES string of the molecule is CCN(CC)CC1CC[C@H](N)[C@H](N)C1.CN(C)CC1CC[C@H](N)[C@H](N)C1.N#CCC1CC[C@H](N)[C@H](N)C1.N[C@@H]1CC(C(=O)N2CCCCC2)CC[C@@H]1N.N[C@@H]1CC(C(=O)N2CCOCC2)CC[C@@H]1N.N[C@@H]1CC(CN2CCCC2)CC[C@@H]1N.N[C@@H]1CC(CN2CCCCC2)CC[C@@H]1N.N[C@@H]1CC(CN2CCOCC2)CC[C@@H]1N. The summed E-state index contributed by atoms with van der Waals surface area (Å²) in [5.41, 5.74) is 94.5. The number of ether oxygens (including phenoxy) is 2. The van der Waals surface area contributed by atoms with E-state index in [1.54, 1.807) is 0 Å². The van der Waals surface area contributed by atoms with E-state index in [2.05, 4.69) is 58.5 Å². The monoisotopic (exact) mass is 1600 g/mol. The van der Waals surface area contributed by atoms with Crippen LogP contribution in [0.15, 0.2) is 0 Å². The maximum atomic E-state index is 12.2. The highest BCUT2D eigenvalue weighted by Crippen LogP contribution is 2.32. The number of carbonyl (C=O) groups is 2. The molecule has 32 N–H and O–H groups in total. The second kappa shape index (κ2) is 54.7. The minimum Gasteiger partial charge on any atom is -0.379 e. The molecule has 13 aliphatic rings. The summed E-state index contributed by atoms with van der Waals surface area (Å²) in [5, 5.41) is 8.45. The number of nitrogens with two attached hydrogens (primary N) is 16. The zero-order valence-electron chi connectivity index (χ0n) is 72.0. The van der Waals surface area contributed by atoms with Crippen molar-refractivity contribution in [2.45, 2.75) is 322 Å². The summed E-state index contributed by atoms with van der Waals surface area (Å²) < 4.78 is 10.6. The van der Waals surface area contributed by atoms with Crippen molar-refractivity contribution in [2.24, 2.45) is 139 Å². The predicted molar refractivity (Wildman–Crippen MR) is 464 cm³/mol. The third-order valence-corrected chi connectivity index (χ3v) is 27.7. The molecule has 660 valence electrons. The number of likely N-dealkylation sites (tertiary alicyclic amines) is 3.